The van der Waals surface area contributed by atoms with E-state index < -0.39 is 0 Å². The predicted molar refractivity (Wildman–Crippen MR) is 90.9 cm³/mol. The number of hydrogen-bond acceptors (Lipinski definition) is 3. The van der Waals surface area contributed by atoms with Crippen molar-refractivity contribution in [2.24, 2.45) is 5.41 Å². The molecule has 1 aromatic heterocycles. The number of carbonyl (C=O) groups is 1. The first-order chi connectivity index (χ1) is 10.8. The summed E-state index contributed by atoms with van der Waals surface area (Å²) in [5.74, 6) is 0.155. The van der Waals surface area contributed by atoms with Gasteiger partial charge in [-0.05, 0) is 35.6 Å². The van der Waals surface area contributed by atoms with Crippen LogP contribution < -0.4 is 0 Å². The van der Waals surface area contributed by atoms with Gasteiger partial charge in [-0.15, -0.1) is 0 Å². The van der Waals surface area contributed by atoms with E-state index in [0.717, 1.165) is 16.8 Å². The van der Waals surface area contributed by atoms with Crippen molar-refractivity contribution in [2.75, 3.05) is 0 Å². The number of halogens is 1. The molecule has 5 heteroatoms. The molecule has 0 radical (unpaired) electrons. The smallest absolute Gasteiger partial charge is 0.167 e. The van der Waals surface area contributed by atoms with Crippen LogP contribution in [0.4, 0.5) is 0 Å². The molecule has 0 fully saturated rings. The van der Waals surface area contributed by atoms with E-state index in [1.807, 2.05) is 39.0 Å². The highest BCUT2D eigenvalue weighted by Crippen LogP contribution is 2.40. The highest BCUT2D eigenvalue weighted by molar-refractivity contribution is 6.30. The summed E-state index contributed by atoms with van der Waals surface area (Å²) in [6.07, 6.45) is 4.21. The van der Waals surface area contributed by atoms with Gasteiger partial charge < -0.3 is 5.11 Å². The van der Waals surface area contributed by atoms with Gasteiger partial charge in [0.25, 0.3) is 0 Å². The Morgan fingerprint density at radius 1 is 1.30 bits per heavy atom. The molecule has 3 rings (SSSR count). The Balaban J connectivity index is 2.11. The van der Waals surface area contributed by atoms with E-state index in [2.05, 4.69) is 5.10 Å². The highest BCUT2D eigenvalue weighted by atomic mass is 35.5. The molecule has 0 bridgehead atoms. The van der Waals surface area contributed by atoms with Crippen LogP contribution in [0.1, 0.15) is 37.8 Å². The van der Waals surface area contributed by atoms with Gasteiger partial charge in [-0.3, -0.25) is 4.79 Å². The molecule has 1 aliphatic rings. The van der Waals surface area contributed by atoms with Crippen LogP contribution in [-0.4, -0.2) is 20.7 Å². The molecule has 0 atom stereocenters. The van der Waals surface area contributed by atoms with Gasteiger partial charge in [-0.2, -0.15) is 5.10 Å². The zero-order chi connectivity index (χ0) is 16.8. The van der Waals surface area contributed by atoms with Crippen LogP contribution >= 0.6 is 11.6 Å². The lowest BCUT2D eigenvalue weighted by Gasteiger charge is -2.30. The average Bonchev–Trinajstić information content (AvgIpc) is 2.85. The van der Waals surface area contributed by atoms with Crippen LogP contribution in [0.3, 0.4) is 0 Å². The quantitative estimate of drug-likeness (QED) is 0.882. The average molecular weight is 331 g/mol. The Kier molecular flexibility index (Phi) is 3.80. The maximum absolute atomic E-state index is 12.6. The summed E-state index contributed by atoms with van der Waals surface area (Å²) in [6.45, 7) is 5.92. The lowest BCUT2D eigenvalue weighted by molar-refractivity contribution is -0.116. The van der Waals surface area contributed by atoms with Crippen molar-refractivity contribution in [1.29, 1.82) is 0 Å². The van der Waals surface area contributed by atoms with Crippen LogP contribution in [0, 0.1) is 12.3 Å². The Bertz CT molecular complexity index is 818. The van der Waals surface area contributed by atoms with E-state index in [9.17, 15) is 9.90 Å². The molecule has 1 heterocycles. The lowest BCUT2D eigenvalue weighted by Crippen LogP contribution is -2.25. The molecule has 0 saturated carbocycles. The summed E-state index contributed by atoms with van der Waals surface area (Å²) in [7, 11) is 0. The third-order valence-corrected chi connectivity index (χ3v) is 4.35. The van der Waals surface area contributed by atoms with Crippen molar-refractivity contribution in [3.63, 3.8) is 0 Å². The van der Waals surface area contributed by atoms with Crippen LogP contribution in [0.5, 0.6) is 0 Å². The second kappa shape index (κ2) is 5.53. The Labute approximate surface area is 140 Å². The Morgan fingerprint density at radius 2 is 2.04 bits per heavy atom. The number of hydrogen-bond donors (Lipinski definition) is 1. The van der Waals surface area contributed by atoms with Crippen molar-refractivity contribution in [1.82, 2.24) is 9.78 Å². The number of benzene rings is 1. The Hall–Kier alpha value is -2.07. The first-order valence-corrected chi connectivity index (χ1v) is 7.91. The monoisotopic (exact) mass is 330 g/mol. The summed E-state index contributed by atoms with van der Waals surface area (Å²) in [4.78, 5) is 12.6. The fourth-order valence-corrected chi connectivity index (χ4v) is 3.19. The summed E-state index contributed by atoms with van der Waals surface area (Å²) < 4.78 is 1.65. The largest absolute Gasteiger partial charge is 0.512 e. The molecular weight excluding hydrogens is 312 g/mol. The maximum atomic E-state index is 12.6. The molecule has 23 heavy (non-hydrogen) atoms. The first-order valence-electron chi connectivity index (χ1n) is 7.54. The highest BCUT2D eigenvalue weighted by Gasteiger charge is 2.34. The summed E-state index contributed by atoms with van der Waals surface area (Å²) in [5, 5.41) is 15.2. The second-order valence-corrected chi connectivity index (χ2v) is 7.30. The Morgan fingerprint density at radius 3 is 2.65 bits per heavy atom. The zero-order valence-electron chi connectivity index (χ0n) is 13.4. The number of aromatic nitrogens is 2. The minimum Gasteiger partial charge on any atom is -0.512 e. The van der Waals surface area contributed by atoms with Crippen molar-refractivity contribution in [3.8, 4) is 5.69 Å². The van der Waals surface area contributed by atoms with Gasteiger partial charge in [-0.1, -0.05) is 31.5 Å². The van der Waals surface area contributed by atoms with Crippen LogP contribution in [0.2, 0.25) is 5.02 Å². The number of rotatable bonds is 2. The predicted octanol–water partition coefficient (Wildman–Crippen LogP) is 4.49. The summed E-state index contributed by atoms with van der Waals surface area (Å²) >= 11 is 5.92. The SMILES string of the molecule is Cc1ccc(-n2cc(Cl)cn2)cc1C1=C(O)CC(C)(C)CC1=O. The number of aliphatic hydroxyl groups excluding tert-OH is 1. The van der Waals surface area contributed by atoms with E-state index in [4.69, 9.17) is 11.6 Å². The van der Waals surface area contributed by atoms with Gasteiger partial charge in [0.15, 0.2) is 5.78 Å². The zero-order valence-corrected chi connectivity index (χ0v) is 14.2. The summed E-state index contributed by atoms with van der Waals surface area (Å²) in [5.41, 5.74) is 2.73. The molecule has 0 spiro atoms. The van der Waals surface area contributed by atoms with Crippen LogP contribution in [0.15, 0.2) is 36.4 Å². The number of allylic oxidation sites excluding steroid dienone is 2. The van der Waals surface area contributed by atoms with Crippen molar-refractivity contribution >= 4 is 23.0 Å². The van der Waals surface area contributed by atoms with Gasteiger partial charge in [0.05, 0.1) is 22.5 Å². The van der Waals surface area contributed by atoms with Crippen molar-refractivity contribution in [3.05, 3.63) is 52.5 Å². The second-order valence-electron chi connectivity index (χ2n) is 6.86. The third-order valence-electron chi connectivity index (χ3n) is 4.16. The van der Waals surface area contributed by atoms with E-state index in [1.165, 1.54) is 0 Å². The molecule has 0 unspecified atom stereocenters. The molecule has 0 saturated heterocycles. The number of aryl methyl sites for hydroxylation is 1. The third kappa shape index (κ3) is 3.04. The number of ketones is 1. The number of carbonyl (C=O) groups excluding carboxylic acids is 1. The van der Waals surface area contributed by atoms with Gasteiger partial charge >= 0.3 is 0 Å². The number of aliphatic hydroxyl groups is 1. The molecule has 0 amide bonds. The van der Waals surface area contributed by atoms with Crippen LogP contribution in [0.25, 0.3) is 11.3 Å². The number of Topliss-reactive ketones (excluding diaryl/α,β-unsaturated/α-hetero) is 1. The fraction of sp³-hybridized carbons (Fsp3) is 0.333. The molecule has 4 nitrogen and oxygen atoms in total. The number of nitrogens with zero attached hydrogens (tertiary/aromatic N) is 2. The van der Waals surface area contributed by atoms with E-state index in [-0.39, 0.29) is 17.0 Å². The fourth-order valence-electron chi connectivity index (χ4n) is 3.06. The van der Waals surface area contributed by atoms with Gasteiger partial charge in [-0.25, -0.2) is 4.68 Å². The topological polar surface area (TPSA) is 55.1 Å². The first kappa shape index (κ1) is 15.8. The molecule has 2 aromatic rings. The van der Waals surface area contributed by atoms with E-state index in [1.54, 1.807) is 17.1 Å². The van der Waals surface area contributed by atoms with Crippen molar-refractivity contribution in [2.45, 2.75) is 33.6 Å². The van der Waals surface area contributed by atoms with Gasteiger partial charge in [0, 0.05) is 19.0 Å². The standard InChI is InChI=1S/C18H19ClN2O2/c1-11-4-5-13(21-10-12(19)9-20-21)6-14(11)17-15(22)7-18(2,3)8-16(17)23/h4-6,9-10,22H,7-8H2,1-3H3. The molecular formula is C18H19ClN2O2. The molecule has 1 aliphatic carbocycles. The van der Waals surface area contributed by atoms with Crippen LogP contribution in [-0.2, 0) is 4.79 Å². The molecule has 0 aliphatic heterocycles. The molecule has 1 aromatic carbocycles. The van der Waals surface area contributed by atoms with E-state index >= 15 is 0 Å². The molecule has 120 valence electrons. The van der Waals surface area contributed by atoms with E-state index in [0.29, 0.717) is 23.4 Å². The molecule has 1 N–H and O–H groups in total. The van der Waals surface area contributed by atoms with Gasteiger partial charge in [0.2, 0.25) is 0 Å². The normalized spacial score (nSPS) is 17.7. The maximum Gasteiger partial charge on any atom is 0.167 e. The minimum atomic E-state index is -0.203. The minimum absolute atomic E-state index is 0.0162. The van der Waals surface area contributed by atoms with Gasteiger partial charge in [0.1, 0.15) is 5.76 Å². The summed E-state index contributed by atoms with van der Waals surface area (Å²) in [6, 6.07) is 5.71. The van der Waals surface area contributed by atoms with Crippen molar-refractivity contribution < 1.29 is 9.90 Å². The lowest BCUT2D eigenvalue weighted by atomic mass is 9.74.